The quantitative estimate of drug-likeness (QED) is 0.640. The van der Waals surface area contributed by atoms with Gasteiger partial charge in [-0.1, -0.05) is 27.7 Å². The Morgan fingerprint density at radius 2 is 1.83 bits per heavy atom. The second-order valence-electron chi connectivity index (χ2n) is 8.19. The number of rotatable bonds is 9. The maximum atomic E-state index is 13.5. The second kappa shape index (κ2) is 9.53. The molecule has 5 nitrogen and oxygen atoms in total. The summed E-state index contributed by atoms with van der Waals surface area (Å²) >= 11 is 0. The molecule has 2 aromatic rings. The molecule has 0 N–H and O–H groups in total. The summed E-state index contributed by atoms with van der Waals surface area (Å²) in [5, 5.41) is 4.72. The van der Waals surface area contributed by atoms with Crippen molar-refractivity contribution in [2.75, 3.05) is 32.7 Å². The number of halogens is 1. The number of benzene rings is 1. The van der Waals surface area contributed by atoms with Gasteiger partial charge in [0.25, 0.3) is 5.91 Å². The molecule has 1 heterocycles. The van der Waals surface area contributed by atoms with Crippen LogP contribution >= 0.6 is 0 Å². The number of aromatic nitrogens is 2. The van der Waals surface area contributed by atoms with Gasteiger partial charge in [0, 0.05) is 30.9 Å². The highest BCUT2D eigenvalue weighted by Crippen LogP contribution is 2.29. The van der Waals surface area contributed by atoms with Crippen molar-refractivity contribution in [3.8, 4) is 5.69 Å². The van der Waals surface area contributed by atoms with Crippen LogP contribution in [0, 0.1) is 11.7 Å². The van der Waals surface area contributed by atoms with Gasteiger partial charge in [-0.15, -0.1) is 0 Å². The molecule has 1 amide bonds. The lowest BCUT2D eigenvalue weighted by molar-refractivity contribution is 0.0709. The van der Waals surface area contributed by atoms with Crippen LogP contribution in [0.1, 0.15) is 55.9 Å². The Morgan fingerprint density at radius 3 is 2.45 bits per heavy atom. The van der Waals surface area contributed by atoms with Crippen LogP contribution in [0.4, 0.5) is 4.39 Å². The summed E-state index contributed by atoms with van der Waals surface area (Å²) in [7, 11) is 0. The summed E-state index contributed by atoms with van der Waals surface area (Å²) in [4.78, 5) is 17.8. The first kappa shape index (κ1) is 21.5. The van der Waals surface area contributed by atoms with Crippen molar-refractivity contribution in [2.45, 2.75) is 47.0 Å². The van der Waals surface area contributed by atoms with E-state index in [0.29, 0.717) is 18.2 Å². The first-order chi connectivity index (χ1) is 13.9. The van der Waals surface area contributed by atoms with Crippen LogP contribution in [0.25, 0.3) is 5.69 Å². The third kappa shape index (κ3) is 4.86. The molecule has 0 bridgehead atoms. The van der Waals surface area contributed by atoms with Crippen LogP contribution < -0.4 is 0 Å². The molecule has 0 fully saturated rings. The number of carbonyl (C=O) groups is 1. The predicted octanol–water partition coefficient (Wildman–Crippen LogP) is 3.94. The van der Waals surface area contributed by atoms with Crippen molar-refractivity contribution < 1.29 is 9.18 Å². The van der Waals surface area contributed by atoms with Crippen molar-refractivity contribution in [3.63, 3.8) is 0 Å². The molecule has 0 aliphatic heterocycles. The van der Waals surface area contributed by atoms with E-state index < -0.39 is 0 Å². The Morgan fingerprint density at radius 1 is 1.14 bits per heavy atom. The maximum absolute atomic E-state index is 13.5. The number of carbonyl (C=O) groups excluding carboxylic acids is 1. The molecular formula is C23H33FN4O. The number of likely N-dealkylation sites (N-methyl/N-ethyl adjacent to an activating group) is 1. The number of hydrogen-bond donors (Lipinski definition) is 0. The van der Waals surface area contributed by atoms with Crippen LogP contribution in [-0.2, 0) is 12.8 Å². The standard InChI is InChI=1S/C23H33FN4O/c1-5-26(6-2)14-15-27(16-17(3)4)23(29)22-20-8-7-9-21(20)28(25-22)19-12-10-18(24)11-13-19/h10-13,17H,5-9,14-16H2,1-4H3. The van der Waals surface area contributed by atoms with Crippen LogP contribution in [0.5, 0.6) is 0 Å². The summed E-state index contributed by atoms with van der Waals surface area (Å²) in [6.45, 7) is 12.8. The van der Waals surface area contributed by atoms with Gasteiger partial charge in [-0.2, -0.15) is 5.10 Å². The minimum atomic E-state index is -0.270. The minimum Gasteiger partial charge on any atom is -0.336 e. The lowest BCUT2D eigenvalue weighted by Crippen LogP contribution is -2.41. The van der Waals surface area contributed by atoms with E-state index in [2.05, 4.69) is 32.6 Å². The van der Waals surface area contributed by atoms with E-state index >= 15 is 0 Å². The Bertz CT molecular complexity index is 824. The summed E-state index contributed by atoms with van der Waals surface area (Å²) in [6, 6.07) is 6.33. The average molecular weight is 401 g/mol. The average Bonchev–Trinajstić information content (AvgIpc) is 3.30. The molecule has 158 valence electrons. The molecule has 0 spiro atoms. The SMILES string of the molecule is CCN(CC)CCN(CC(C)C)C(=O)c1nn(-c2ccc(F)cc2)c2c1CCC2. The van der Waals surface area contributed by atoms with Gasteiger partial charge in [-0.3, -0.25) is 4.79 Å². The third-order valence-electron chi connectivity index (χ3n) is 5.66. The molecule has 0 saturated heterocycles. The van der Waals surface area contributed by atoms with E-state index in [1.54, 1.807) is 12.1 Å². The molecule has 1 aromatic carbocycles. The zero-order valence-corrected chi connectivity index (χ0v) is 18.1. The van der Waals surface area contributed by atoms with Crippen molar-refractivity contribution >= 4 is 5.91 Å². The molecule has 29 heavy (non-hydrogen) atoms. The van der Waals surface area contributed by atoms with Crippen LogP contribution in [0.2, 0.25) is 0 Å². The van der Waals surface area contributed by atoms with Gasteiger partial charge in [0.2, 0.25) is 0 Å². The van der Waals surface area contributed by atoms with Crippen LogP contribution in [-0.4, -0.2) is 58.2 Å². The summed E-state index contributed by atoms with van der Waals surface area (Å²) in [6.07, 6.45) is 2.80. The minimum absolute atomic E-state index is 0.0184. The van der Waals surface area contributed by atoms with Gasteiger partial charge < -0.3 is 9.80 Å². The van der Waals surface area contributed by atoms with E-state index in [9.17, 15) is 9.18 Å². The smallest absolute Gasteiger partial charge is 0.274 e. The normalized spacial score (nSPS) is 13.3. The van der Waals surface area contributed by atoms with Gasteiger partial charge in [0.05, 0.1) is 5.69 Å². The Hall–Kier alpha value is -2.21. The summed E-state index contributed by atoms with van der Waals surface area (Å²) in [5.74, 6) is 0.140. The van der Waals surface area contributed by atoms with Crippen molar-refractivity contribution in [1.82, 2.24) is 19.6 Å². The summed E-state index contributed by atoms with van der Waals surface area (Å²) in [5.41, 5.74) is 3.54. The fourth-order valence-corrected chi connectivity index (χ4v) is 4.07. The molecule has 0 atom stereocenters. The Balaban J connectivity index is 1.89. The largest absolute Gasteiger partial charge is 0.336 e. The van der Waals surface area contributed by atoms with Crippen molar-refractivity contribution in [3.05, 3.63) is 47.0 Å². The molecule has 1 aliphatic rings. The van der Waals surface area contributed by atoms with Gasteiger partial charge in [-0.05, 0) is 62.5 Å². The molecule has 0 unspecified atom stereocenters. The van der Waals surface area contributed by atoms with Gasteiger partial charge in [0.15, 0.2) is 5.69 Å². The van der Waals surface area contributed by atoms with Gasteiger partial charge in [-0.25, -0.2) is 9.07 Å². The fraction of sp³-hybridized carbons (Fsp3) is 0.565. The highest BCUT2D eigenvalue weighted by Gasteiger charge is 2.30. The molecule has 1 aromatic heterocycles. The zero-order chi connectivity index (χ0) is 21.0. The first-order valence-electron chi connectivity index (χ1n) is 10.8. The van der Waals surface area contributed by atoms with Crippen molar-refractivity contribution in [1.29, 1.82) is 0 Å². The zero-order valence-electron chi connectivity index (χ0n) is 18.1. The Labute approximate surface area is 173 Å². The lowest BCUT2D eigenvalue weighted by atomic mass is 10.1. The van der Waals surface area contributed by atoms with E-state index in [4.69, 9.17) is 5.10 Å². The maximum Gasteiger partial charge on any atom is 0.274 e. The second-order valence-corrected chi connectivity index (χ2v) is 8.19. The highest BCUT2D eigenvalue weighted by molar-refractivity contribution is 5.94. The molecule has 6 heteroatoms. The Kier molecular flexibility index (Phi) is 7.06. The molecule has 0 saturated carbocycles. The monoisotopic (exact) mass is 400 g/mol. The molecular weight excluding hydrogens is 367 g/mol. The number of fused-ring (bicyclic) bond motifs is 1. The molecule has 3 rings (SSSR count). The van der Waals surface area contributed by atoms with Gasteiger partial charge >= 0.3 is 0 Å². The van der Waals surface area contributed by atoms with E-state index in [0.717, 1.165) is 62.4 Å². The van der Waals surface area contributed by atoms with E-state index in [1.165, 1.54) is 12.1 Å². The van der Waals surface area contributed by atoms with Crippen LogP contribution in [0.15, 0.2) is 24.3 Å². The number of nitrogens with zero attached hydrogens (tertiary/aromatic N) is 4. The summed E-state index contributed by atoms with van der Waals surface area (Å²) < 4.78 is 15.2. The highest BCUT2D eigenvalue weighted by atomic mass is 19.1. The number of hydrogen-bond acceptors (Lipinski definition) is 3. The van der Waals surface area contributed by atoms with E-state index in [1.807, 2.05) is 9.58 Å². The predicted molar refractivity (Wildman–Crippen MR) is 114 cm³/mol. The topological polar surface area (TPSA) is 41.4 Å². The lowest BCUT2D eigenvalue weighted by Gasteiger charge is -2.27. The van der Waals surface area contributed by atoms with Crippen molar-refractivity contribution in [2.24, 2.45) is 5.92 Å². The van der Waals surface area contributed by atoms with Crippen LogP contribution in [0.3, 0.4) is 0 Å². The first-order valence-corrected chi connectivity index (χ1v) is 10.8. The number of amides is 1. The van der Waals surface area contributed by atoms with Gasteiger partial charge in [0.1, 0.15) is 5.82 Å². The molecule has 0 radical (unpaired) electrons. The third-order valence-corrected chi connectivity index (χ3v) is 5.66. The van der Waals surface area contributed by atoms with E-state index in [-0.39, 0.29) is 11.7 Å². The fourth-order valence-electron chi connectivity index (χ4n) is 4.07. The molecule has 1 aliphatic carbocycles.